The molecule has 0 rings (SSSR count). The maximum atomic E-state index is 10.7. The third-order valence-corrected chi connectivity index (χ3v) is 1.64. The lowest BCUT2D eigenvalue weighted by Gasteiger charge is -2.05. The zero-order valence-corrected chi connectivity index (χ0v) is 9.16. The summed E-state index contributed by atoms with van der Waals surface area (Å²) in [6, 6.07) is 0. The highest BCUT2D eigenvalue weighted by Crippen LogP contribution is 1.86. The molecule has 1 amide bonds. The van der Waals surface area contributed by atoms with Gasteiger partial charge in [-0.25, -0.2) is 5.84 Å². The maximum absolute atomic E-state index is 10.7. The highest BCUT2D eigenvalue weighted by molar-refractivity contribution is 5.75. The number of rotatable bonds is 10. The average molecular weight is 220 g/mol. The number of methoxy groups -OCH3 is 1. The predicted molar refractivity (Wildman–Crippen MR) is 55.1 cm³/mol. The van der Waals surface area contributed by atoms with E-state index in [1.807, 2.05) is 5.43 Å². The van der Waals surface area contributed by atoms with Crippen molar-refractivity contribution in [2.45, 2.75) is 12.8 Å². The van der Waals surface area contributed by atoms with E-state index < -0.39 is 0 Å². The number of carbonyl (C=O) groups excluding carboxylic acids is 1. The van der Waals surface area contributed by atoms with Crippen molar-refractivity contribution in [2.24, 2.45) is 5.84 Å². The molecule has 0 aromatic carbocycles. The first-order valence-corrected chi connectivity index (χ1v) is 4.95. The van der Waals surface area contributed by atoms with Crippen molar-refractivity contribution >= 4 is 5.91 Å². The molecule has 0 radical (unpaired) electrons. The highest BCUT2D eigenvalue weighted by atomic mass is 16.5. The summed E-state index contributed by atoms with van der Waals surface area (Å²) in [6.45, 7) is 2.77. The first-order chi connectivity index (χ1) is 7.31. The Balaban J connectivity index is 2.95. The van der Waals surface area contributed by atoms with Gasteiger partial charge in [-0.05, 0) is 6.42 Å². The van der Waals surface area contributed by atoms with Crippen LogP contribution in [0.4, 0.5) is 0 Å². The van der Waals surface area contributed by atoms with Crippen LogP contribution in [0.3, 0.4) is 0 Å². The normalized spacial score (nSPS) is 10.3. The smallest absolute Gasteiger partial charge is 0.236 e. The lowest BCUT2D eigenvalue weighted by atomic mass is 10.4. The Labute approximate surface area is 90.0 Å². The Morgan fingerprint density at radius 1 is 1.13 bits per heavy atom. The standard InChI is InChI=1S/C9H20N2O4/c1-13-4-2-5-14-7-8-15-6-3-9(12)11-10/h2-8,10H2,1H3,(H,11,12). The molecule has 0 aliphatic heterocycles. The summed E-state index contributed by atoms with van der Waals surface area (Å²) in [7, 11) is 1.66. The summed E-state index contributed by atoms with van der Waals surface area (Å²) in [5.74, 6) is 4.66. The maximum Gasteiger partial charge on any atom is 0.236 e. The van der Waals surface area contributed by atoms with Crippen LogP contribution in [-0.4, -0.2) is 46.1 Å². The van der Waals surface area contributed by atoms with Gasteiger partial charge in [0.15, 0.2) is 0 Å². The first kappa shape index (κ1) is 14.3. The molecule has 0 saturated heterocycles. The van der Waals surface area contributed by atoms with E-state index in [1.165, 1.54) is 0 Å². The van der Waals surface area contributed by atoms with E-state index in [1.54, 1.807) is 7.11 Å². The number of hydrazine groups is 1. The second-order valence-electron chi connectivity index (χ2n) is 2.89. The quantitative estimate of drug-likeness (QED) is 0.223. The number of amides is 1. The van der Waals surface area contributed by atoms with Gasteiger partial charge in [0.2, 0.25) is 5.91 Å². The molecule has 0 bridgehead atoms. The molecule has 0 heterocycles. The second kappa shape index (κ2) is 11.4. The Hall–Kier alpha value is -0.690. The van der Waals surface area contributed by atoms with Crippen LogP contribution in [0.2, 0.25) is 0 Å². The largest absolute Gasteiger partial charge is 0.385 e. The third kappa shape index (κ3) is 11.2. The summed E-state index contributed by atoms with van der Waals surface area (Å²) in [5, 5.41) is 0. The van der Waals surface area contributed by atoms with Gasteiger partial charge in [0.1, 0.15) is 0 Å². The molecule has 0 aromatic heterocycles. The molecular weight excluding hydrogens is 200 g/mol. The van der Waals surface area contributed by atoms with Crippen LogP contribution in [-0.2, 0) is 19.0 Å². The molecule has 0 saturated carbocycles. The van der Waals surface area contributed by atoms with E-state index in [2.05, 4.69) is 0 Å². The van der Waals surface area contributed by atoms with Crippen molar-refractivity contribution in [3.05, 3.63) is 0 Å². The van der Waals surface area contributed by atoms with Crippen LogP contribution in [0.5, 0.6) is 0 Å². The van der Waals surface area contributed by atoms with Crippen LogP contribution < -0.4 is 11.3 Å². The average Bonchev–Trinajstić information content (AvgIpc) is 2.26. The Kier molecular flexibility index (Phi) is 10.9. The Morgan fingerprint density at radius 2 is 1.80 bits per heavy atom. The van der Waals surface area contributed by atoms with E-state index >= 15 is 0 Å². The van der Waals surface area contributed by atoms with Crippen molar-refractivity contribution in [3.63, 3.8) is 0 Å². The number of nitrogens with two attached hydrogens (primary N) is 1. The van der Waals surface area contributed by atoms with Crippen molar-refractivity contribution in [2.75, 3.05) is 40.1 Å². The van der Waals surface area contributed by atoms with Gasteiger partial charge in [0.05, 0.1) is 26.2 Å². The van der Waals surface area contributed by atoms with Crippen molar-refractivity contribution in [3.8, 4) is 0 Å². The lowest BCUT2D eigenvalue weighted by molar-refractivity contribution is -0.122. The fourth-order valence-corrected chi connectivity index (χ4v) is 0.864. The molecule has 0 aromatic rings. The van der Waals surface area contributed by atoms with Crippen molar-refractivity contribution in [1.82, 2.24) is 5.43 Å². The zero-order valence-electron chi connectivity index (χ0n) is 9.16. The number of ether oxygens (including phenoxy) is 3. The van der Waals surface area contributed by atoms with E-state index in [0.717, 1.165) is 6.42 Å². The van der Waals surface area contributed by atoms with Gasteiger partial charge in [-0.15, -0.1) is 0 Å². The number of nitrogens with one attached hydrogen (secondary N) is 1. The molecule has 0 aliphatic carbocycles. The topological polar surface area (TPSA) is 82.8 Å². The SMILES string of the molecule is COCCCOCCOCCC(=O)NN. The van der Waals surface area contributed by atoms with Crippen molar-refractivity contribution < 1.29 is 19.0 Å². The highest BCUT2D eigenvalue weighted by Gasteiger charge is 1.97. The molecule has 3 N–H and O–H groups in total. The van der Waals surface area contributed by atoms with E-state index in [4.69, 9.17) is 20.1 Å². The van der Waals surface area contributed by atoms with Gasteiger partial charge >= 0.3 is 0 Å². The number of hydrogen-bond acceptors (Lipinski definition) is 5. The molecule has 0 fully saturated rings. The second-order valence-corrected chi connectivity index (χ2v) is 2.89. The van der Waals surface area contributed by atoms with Gasteiger partial charge < -0.3 is 14.2 Å². The minimum atomic E-state index is -0.226. The molecule has 6 heteroatoms. The van der Waals surface area contributed by atoms with Crippen LogP contribution in [0.1, 0.15) is 12.8 Å². The molecular formula is C9H20N2O4. The van der Waals surface area contributed by atoms with Crippen LogP contribution >= 0.6 is 0 Å². The van der Waals surface area contributed by atoms with Gasteiger partial charge in [-0.3, -0.25) is 10.2 Å². The fraction of sp³-hybridized carbons (Fsp3) is 0.889. The summed E-state index contributed by atoms with van der Waals surface area (Å²) in [6.07, 6.45) is 1.16. The van der Waals surface area contributed by atoms with Gasteiger partial charge in [0, 0.05) is 20.3 Å². The monoisotopic (exact) mass is 220 g/mol. The Morgan fingerprint density at radius 3 is 2.40 bits per heavy atom. The van der Waals surface area contributed by atoms with E-state index in [-0.39, 0.29) is 12.3 Å². The van der Waals surface area contributed by atoms with Crippen LogP contribution in [0.25, 0.3) is 0 Å². The van der Waals surface area contributed by atoms with E-state index in [9.17, 15) is 4.79 Å². The molecule has 0 spiro atoms. The lowest BCUT2D eigenvalue weighted by Crippen LogP contribution is -2.30. The predicted octanol–water partition coefficient (Wildman–Crippen LogP) is -0.564. The van der Waals surface area contributed by atoms with Gasteiger partial charge in [0.25, 0.3) is 0 Å². The number of hydrogen-bond donors (Lipinski definition) is 2. The fourth-order valence-electron chi connectivity index (χ4n) is 0.864. The molecule has 90 valence electrons. The van der Waals surface area contributed by atoms with E-state index in [0.29, 0.717) is 33.0 Å². The first-order valence-electron chi connectivity index (χ1n) is 4.95. The Bertz CT molecular complexity index is 155. The molecule has 0 unspecified atom stereocenters. The summed E-state index contributed by atoms with van der Waals surface area (Å²) >= 11 is 0. The summed E-state index contributed by atoms with van der Waals surface area (Å²) in [4.78, 5) is 10.7. The third-order valence-electron chi connectivity index (χ3n) is 1.64. The zero-order chi connectivity index (χ0) is 11.4. The van der Waals surface area contributed by atoms with Gasteiger partial charge in [-0.2, -0.15) is 0 Å². The van der Waals surface area contributed by atoms with Crippen molar-refractivity contribution in [1.29, 1.82) is 0 Å². The van der Waals surface area contributed by atoms with Crippen LogP contribution in [0, 0.1) is 0 Å². The molecule has 15 heavy (non-hydrogen) atoms. The van der Waals surface area contributed by atoms with Gasteiger partial charge in [-0.1, -0.05) is 0 Å². The summed E-state index contributed by atoms with van der Waals surface area (Å²) < 4.78 is 15.2. The summed E-state index contributed by atoms with van der Waals surface area (Å²) in [5.41, 5.74) is 2.03. The van der Waals surface area contributed by atoms with Crippen LogP contribution in [0.15, 0.2) is 0 Å². The molecule has 0 atom stereocenters. The number of carbonyl (C=O) groups is 1. The minimum Gasteiger partial charge on any atom is -0.385 e. The molecule has 0 aliphatic rings. The minimum absolute atomic E-state index is 0.226. The molecule has 6 nitrogen and oxygen atoms in total.